The molecular weight excluding hydrogens is 214 g/mol. The molecule has 0 saturated heterocycles. The van der Waals surface area contributed by atoms with E-state index in [9.17, 15) is 10.1 Å². The molecule has 1 aromatic rings. The molecule has 0 heterocycles. The second kappa shape index (κ2) is 5.62. The third kappa shape index (κ3) is 3.16. The zero-order valence-corrected chi connectivity index (χ0v) is 9.84. The van der Waals surface area contributed by atoms with E-state index in [0.717, 1.165) is 12.8 Å². The van der Waals surface area contributed by atoms with E-state index in [1.54, 1.807) is 12.1 Å². The summed E-state index contributed by atoms with van der Waals surface area (Å²) in [6, 6.07) is 9.16. The lowest BCUT2D eigenvalue weighted by Gasteiger charge is -2.17. The van der Waals surface area contributed by atoms with Gasteiger partial charge in [0, 0.05) is 0 Å². The average Bonchev–Trinajstić information content (AvgIpc) is 2.38. The topological polar surface area (TPSA) is 43.1 Å². The number of benzene rings is 1. The van der Waals surface area contributed by atoms with E-state index >= 15 is 0 Å². The minimum atomic E-state index is -0.260. The molecule has 1 saturated carbocycles. The summed E-state index contributed by atoms with van der Waals surface area (Å²) in [5.74, 6) is 0.379. The van der Waals surface area contributed by atoms with Crippen LogP contribution in [0.25, 0.3) is 5.70 Å². The van der Waals surface area contributed by atoms with Crippen LogP contribution in [0.3, 0.4) is 0 Å². The van der Waals surface area contributed by atoms with Crippen molar-refractivity contribution in [2.75, 3.05) is 0 Å². The molecule has 1 aliphatic carbocycles. The Morgan fingerprint density at radius 3 is 2.41 bits per heavy atom. The van der Waals surface area contributed by atoms with Gasteiger partial charge in [0.15, 0.2) is 0 Å². The highest BCUT2D eigenvalue weighted by molar-refractivity contribution is 5.58. The summed E-state index contributed by atoms with van der Waals surface area (Å²) in [7, 11) is 0. The number of allylic oxidation sites excluding steroid dienone is 1. The van der Waals surface area contributed by atoms with Crippen molar-refractivity contribution in [2.45, 2.75) is 32.1 Å². The van der Waals surface area contributed by atoms with E-state index in [-0.39, 0.29) is 10.6 Å². The molecule has 3 heteroatoms. The lowest BCUT2D eigenvalue weighted by molar-refractivity contribution is -0.375. The van der Waals surface area contributed by atoms with Crippen LogP contribution in [0.5, 0.6) is 0 Å². The fourth-order valence-corrected chi connectivity index (χ4v) is 2.40. The average molecular weight is 231 g/mol. The minimum Gasteiger partial charge on any atom is -0.258 e. The predicted molar refractivity (Wildman–Crippen MR) is 68.0 cm³/mol. The summed E-state index contributed by atoms with van der Waals surface area (Å²) < 4.78 is 0. The van der Waals surface area contributed by atoms with Gasteiger partial charge in [-0.1, -0.05) is 37.5 Å². The van der Waals surface area contributed by atoms with Crippen molar-refractivity contribution in [3.63, 3.8) is 0 Å². The van der Waals surface area contributed by atoms with Crippen LogP contribution in [0.4, 0.5) is 0 Å². The maximum atomic E-state index is 11.1. The molecule has 1 aliphatic rings. The fourth-order valence-electron chi connectivity index (χ4n) is 2.40. The Hall–Kier alpha value is -1.64. The summed E-state index contributed by atoms with van der Waals surface area (Å²) in [4.78, 5) is 10.9. The van der Waals surface area contributed by atoms with Crippen molar-refractivity contribution in [1.29, 1.82) is 0 Å². The maximum absolute atomic E-state index is 11.1. The number of nitrogens with zero attached hydrogens (tertiary/aromatic N) is 1. The normalized spacial score (nSPS) is 18.0. The summed E-state index contributed by atoms with van der Waals surface area (Å²) in [5.41, 5.74) is 0.973. The molecule has 2 rings (SSSR count). The summed E-state index contributed by atoms with van der Waals surface area (Å²) >= 11 is 0. The van der Waals surface area contributed by atoms with Crippen molar-refractivity contribution < 1.29 is 4.92 Å². The van der Waals surface area contributed by atoms with E-state index < -0.39 is 0 Å². The van der Waals surface area contributed by atoms with Crippen LogP contribution in [0.2, 0.25) is 0 Å². The zero-order valence-electron chi connectivity index (χ0n) is 9.84. The maximum Gasteiger partial charge on any atom is 0.272 e. The third-order valence-electron chi connectivity index (χ3n) is 3.31. The van der Waals surface area contributed by atoms with Gasteiger partial charge in [0.2, 0.25) is 0 Å². The number of hydrogen-bond acceptors (Lipinski definition) is 2. The quantitative estimate of drug-likeness (QED) is 0.585. The third-order valence-corrected chi connectivity index (χ3v) is 3.31. The van der Waals surface area contributed by atoms with E-state index in [1.165, 1.54) is 19.3 Å². The Labute approximate surface area is 101 Å². The van der Waals surface area contributed by atoms with E-state index in [4.69, 9.17) is 0 Å². The first-order valence-corrected chi connectivity index (χ1v) is 6.19. The SMILES string of the molecule is O=[N+]([O-])/C(=C/C1CCCCC1)c1ccccc1. The largest absolute Gasteiger partial charge is 0.272 e. The Bertz CT molecular complexity index is 405. The fraction of sp³-hybridized carbons (Fsp3) is 0.429. The molecule has 90 valence electrons. The minimum absolute atomic E-state index is 0.260. The highest BCUT2D eigenvalue weighted by Gasteiger charge is 2.18. The molecule has 0 amide bonds. The van der Waals surface area contributed by atoms with Crippen LogP contribution in [-0.2, 0) is 0 Å². The molecule has 17 heavy (non-hydrogen) atoms. The number of rotatable bonds is 3. The van der Waals surface area contributed by atoms with Gasteiger partial charge in [-0.15, -0.1) is 0 Å². The second-order valence-electron chi connectivity index (χ2n) is 4.57. The smallest absolute Gasteiger partial charge is 0.258 e. The monoisotopic (exact) mass is 231 g/mol. The first-order valence-electron chi connectivity index (χ1n) is 6.19. The van der Waals surface area contributed by atoms with Gasteiger partial charge in [-0.3, -0.25) is 10.1 Å². The molecule has 1 aromatic carbocycles. The van der Waals surface area contributed by atoms with Crippen LogP contribution in [0.1, 0.15) is 37.7 Å². The van der Waals surface area contributed by atoms with Gasteiger partial charge in [-0.05, 0) is 37.0 Å². The molecule has 0 bridgehead atoms. The van der Waals surface area contributed by atoms with Gasteiger partial charge in [0.25, 0.3) is 5.70 Å². The molecule has 0 unspecified atom stereocenters. The molecule has 0 radical (unpaired) electrons. The molecule has 1 fully saturated rings. The van der Waals surface area contributed by atoms with Gasteiger partial charge in [-0.2, -0.15) is 0 Å². The standard InChI is InChI=1S/C14H17NO2/c16-15(17)14(13-9-5-2-6-10-13)11-12-7-3-1-4-8-12/h2,5-6,9-12H,1,3-4,7-8H2/b14-11+. The molecule has 0 spiro atoms. The van der Waals surface area contributed by atoms with Gasteiger partial charge < -0.3 is 0 Å². The Kier molecular flexibility index (Phi) is 3.91. The van der Waals surface area contributed by atoms with E-state index in [2.05, 4.69) is 0 Å². The Balaban J connectivity index is 2.22. The second-order valence-corrected chi connectivity index (χ2v) is 4.57. The lowest BCUT2D eigenvalue weighted by atomic mass is 9.88. The van der Waals surface area contributed by atoms with Crippen molar-refractivity contribution in [2.24, 2.45) is 5.92 Å². The number of nitro groups is 1. The van der Waals surface area contributed by atoms with Crippen LogP contribution in [0, 0.1) is 16.0 Å². The van der Waals surface area contributed by atoms with Crippen LogP contribution in [0.15, 0.2) is 36.4 Å². The Morgan fingerprint density at radius 2 is 1.82 bits per heavy atom. The molecule has 0 atom stereocenters. The molecule has 0 aliphatic heterocycles. The van der Waals surface area contributed by atoms with Crippen molar-refractivity contribution in [3.05, 3.63) is 52.1 Å². The van der Waals surface area contributed by atoms with Crippen LogP contribution >= 0.6 is 0 Å². The predicted octanol–water partition coefficient (Wildman–Crippen LogP) is 3.88. The van der Waals surface area contributed by atoms with Crippen LogP contribution < -0.4 is 0 Å². The summed E-state index contributed by atoms with van der Waals surface area (Å²) in [5, 5.41) is 11.1. The molecule has 3 nitrogen and oxygen atoms in total. The summed E-state index contributed by atoms with van der Waals surface area (Å²) in [6.45, 7) is 0. The van der Waals surface area contributed by atoms with Crippen molar-refractivity contribution >= 4 is 5.70 Å². The van der Waals surface area contributed by atoms with Gasteiger partial charge in [-0.25, -0.2) is 0 Å². The van der Waals surface area contributed by atoms with Gasteiger partial charge in [0.1, 0.15) is 0 Å². The van der Waals surface area contributed by atoms with Crippen molar-refractivity contribution in [1.82, 2.24) is 0 Å². The molecular formula is C14H17NO2. The highest BCUT2D eigenvalue weighted by atomic mass is 16.6. The van der Waals surface area contributed by atoms with E-state index in [0.29, 0.717) is 11.5 Å². The molecule has 0 N–H and O–H groups in total. The Morgan fingerprint density at radius 1 is 1.18 bits per heavy atom. The number of hydrogen-bond donors (Lipinski definition) is 0. The molecule has 0 aromatic heterocycles. The summed E-state index contributed by atoms with van der Waals surface area (Å²) in [6.07, 6.45) is 7.69. The first kappa shape index (κ1) is 11.8. The highest BCUT2D eigenvalue weighted by Crippen LogP contribution is 2.28. The van der Waals surface area contributed by atoms with E-state index in [1.807, 2.05) is 24.3 Å². The van der Waals surface area contributed by atoms with Gasteiger partial charge >= 0.3 is 0 Å². The zero-order chi connectivity index (χ0) is 12.1. The van der Waals surface area contributed by atoms with Crippen LogP contribution in [-0.4, -0.2) is 4.92 Å². The van der Waals surface area contributed by atoms with Crippen molar-refractivity contribution in [3.8, 4) is 0 Å². The van der Waals surface area contributed by atoms with Gasteiger partial charge in [0.05, 0.1) is 10.5 Å². The lowest BCUT2D eigenvalue weighted by Crippen LogP contribution is -2.07. The first-order chi connectivity index (χ1) is 8.27.